The second-order valence-corrected chi connectivity index (χ2v) is 5.73. The van der Waals surface area contributed by atoms with Crippen molar-refractivity contribution in [2.75, 3.05) is 14.1 Å². The minimum absolute atomic E-state index is 0.0165. The minimum Gasteiger partial charge on any atom is -0.345 e. The van der Waals surface area contributed by atoms with E-state index >= 15 is 0 Å². The van der Waals surface area contributed by atoms with Gasteiger partial charge in [0, 0.05) is 44.0 Å². The van der Waals surface area contributed by atoms with Crippen LogP contribution in [0, 0.1) is 0 Å². The molecule has 0 unspecified atom stereocenters. The van der Waals surface area contributed by atoms with Gasteiger partial charge in [0.2, 0.25) is 0 Å². The fourth-order valence-electron chi connectivity index (χ4n) is 2.78. The first kappa shape index (κ1) is 14.3. The molecule has 22 heavy (non-hydrogen) atoms. The van der Waals surface area contributed by atoms with E-state index in [0.29, 0.717) is 12.0 Å². The van der Waals surface area contributed by atoms with Gasteiger partial charge < -0.3 is 9.47 Å². The lowest BCUT2D eigenvalue weighted by atomic mass is 9.98. The Balaban J connectivity index is 2.08. The zero-order valence-corrected chi connectivity index (χ0v) is 13.0. The van der Waals surface area contributed by atoms with E-state index in [-0.39, 0.29) is 11.5 Å². The Morgan fingerprint density at radius 3 is 2.50 bits per heavy atom. The van der Waals surface area contributed by atoms with Crippen molar-refractivity contribution in [3.8, 4) is 11.1 Å². The summed E-state index contributed by atoms with van der Waals surface area (Å²) in [5.41, 5.74) is 4.58. The molecule has 0 spiro atoms. The number of fused-ring (bicyclic) bond motifs is 1. The topological polar surface area (TPSA) is 42.3 Å². The van der Waals surface area contributed by atoms with Gasteiger partial charge in [-0.05, 0) is 29.7 Å². The third kappa shape index (κ3) is 2.26. The molecule has 0 saturated heterocycles. The molecule has 0 aliphatic heterocycles. The van der Waals surface area contributed by atoms with Crippen LogP contribution in [0.5, 0.6) is 0 Å². The molecule has 0 atom stereocenters. The molecule has 0 bridgehead atoms. The van der Waals surface area contributed by atoms with Gasteiger partial charge in [0.1, 0.15) is 0 Å². The molecule has 0 radical (unpaired) electrons. The standard InChI is InChI=1S/C18H18N2O2/c1-19(2)17(21)13-9-7-12(8-10-13)16-11-20(3)18(22)15-6-4-5-14(15)16/h4-5,7-11H,6H2,1-3H3. The summed E-state index contributed by atoms with van der Waals surface area (Å²) in [7, 11) is 5.25. The highest BCUT2D eigenvalue weighted by Crippen LogP contribution is 2.29. The van der Waals surface area contributed by atoms with E-state index in [4.69, 9.17) is 0 Å². The maximum Gasteiger partial charge on any atom is 0.254 e. The first-order valence-corrected chi connectivity index (χ1v) is 7.20. The monoisotopic (exact) mass is 294 g/mol. The molecular formula is C18H18N2O2. The van der Waals surface area contributed by atoms with Gasteiger partial charge in [0.25, 0.3) is 11.5 Å². The number of carbonyl (C=O) groups excluding carboxylic acids is 1. The summed E-state index contributed by atoms with van der Waals surface area (Å²) < 4.78 is 1.63. The molecule has 0 N–H and O–H groups in total. The molecule has 4 heteroatoms. The maximum atomic E-state index is 12.1. The predicted octanol–water partition coefficient (Wildman–Crippen LogP) is 2.32. The van der Waals surface area contributed by atoms with Crippen LogP contribution in [-0.4, -0.2) is 29.5 Å². The third-order valence-electron chi connectivity index (χ3n) is 3.97. The second-order valence-electron chi connectivity index (χ2n) is 5.73. The average molecular weight is 294 g/mol. The largest absolute Gasteiger partial charge is 0.345 e. The Kier molecular flexibility index (Phi) is 3.45. The number of allylic oxidation sites excluding steroid dienone is 1. The highest BCUT2D eigenvalue weighted by molar-refractivity contribution is 5.94. The number of hydrogen-bond acceptors (Lipinski definition) is 2. The van der Waals surface area contributed by atoms with E-state index in [1.807, 2.05) is 42.6 Å². The smallest absolute Gasteiger partial charge is 0.254 e. The number of benzene rings is 1. The lowest BCUT2D eigenvalue weighted by Gasteiger charge is -2.13. The number of carbonyl (C=O) groups is 1. The summed E-state index contributed by atoms with van der Waals surface area (Å²) in [6, 6.07) is 7.52. The van der Waals surface area contributed by atoms with Gasteiger partial charge in [-0.25, -0.2) is 0 Å². The number of amides is 1. The molecule has 1 aliphatic carbocycles. The van der Waals surface area contributed by atoms with Crippen molar-refractivity contribution in [3.63, 3.8) is 0 Å². The molecule has 1 aromatic carbocycles. The van der Waals surface area contributed by atoms with Crippen LogP contribution in [0.3, 0.4) is 0 Å². The lowest BCUT2D eigenvalue weighted by molar-refractivity contribution is 0.0827. The molecule has 3 rings (SSSR count). The van der Waals surface area contributed by atoms with Gasteiger partial charge in [0.05, 0.1) is 0 Å². The van der Waals surface area contributed by atoms with Crippen molar-refractivity contribution in [2.45, 2.75) is 6.42 Å². The predicted molar refractivity (Wildman–Crippen MR) is 87.9 cm³/mol. The summed E-state index contributed by atoms with van der Waals surface area (Å²) in [5, 5.41) is 0. The third-order valence-corrected chi connectivity index (χ3v) is 3.97. The summed E-state index contributed by atoms with van der Waals surface area (Å²) in [6.45, 7) is 0. The number of hydrogen-bond donors (Lipinski definition) is 0. The van der Waals surface area contributed by atoms with Gasteiger partial charge in [-0.15, -0.1) is 0 Å². The molecule has 4 nitrogen and oxygen atoms in total. The van der Waals surface area contributed by atoms with Crippen LogP contribution in [0.2, 0.25) is 0 Å². The Labute approximate surface area is 129 Å². The molecule has 0 saturated carbocycles. The van der Waals surface area contributed by atoms with Gasteiger partial charge in [0.15, 0.2) is 0 Å². The summed E-state index contributed by atoms with van der Waals surface area (Å²) >= 11 is 0. The van der Waals surface area contributed by atoms with E-state index < -0.39 is 0 Å². The van der Waals surface area contributed by atoms with E-state index in [0.717, 1.165) is 22.3 Å². The van der Waals surface area contributed by atoms with Crippen molar-refractivity contribution in [3.05, 3.63) is 63.6 Å². The van der Waals surface area contributed by atoms with E-state index in [9.17, 15) is 9.59 Å². The van der Waals surface area contributed by atoms with Crippen molar-refractivity contribution in [1.29, 1.82) is 0 Å². The highest BCUT2D eigenvalue weighted by atomic mass is 16.2. The average Bonchev–Trinajstić information content (AvgIpc) is 3.00. The zero-order chi connectivity index (χ0) is 15.9. The first-order chi connectivity index (χ1) is 10.5. The molecule has 1 amide bonds. The van der Waals surface area contributed by atoms with Gasteiger partial charge >= 0.3 is 0 Å². The Hall–Kier alpha value is -2.62. The van der Waals surface area contributed by atoms with Crippen LogP contribution in [0.25, 0.3) is 17.2 Å². The van der Waals surface area contributed by atoms with Gasteiger partial charge in [-0.1, -0.05) is 24.3 Å². The quantitative estimate of drug-likeness (QED) is 0.853. The number of aromatic nitrogens is 1. The minimum atomic E-state index is -0.0165. The molecule has 0 fully saturated rings. The fraction of sp³-hybridized carbons (Fsp3) is 0.222. The van der Waals surface area contributed by atoms with Crippen LogP contribution >= 0.6 is 0 Å². The SMILES string of the molecule is CN(C)C(=O)c1ccc(-c2cn(C)c(=O)c3c2C=CC3)cc1. The Morgan fingerprint density at radius 2 is 1.86 bits per heavy atom. The van der Waals surface area contributed by atoms with Crippen LogP contribution in [0.1, 0.15) is 21.5 Å². The normalized spacial score (nSPS) is 12.3. The molecule has 1 heterocycles. The van der Waals surface area contributed by atoms with Crippen molar-refractivity contribution >= 4 is 12.0 Å². The Bertz CT molecular complexity index is 827. The number of pyridine rings is 1. The molecule has 1 aromatic heterocycles. The summed E-state index contributed by atoms with van der Waals surface area (Å²) in [6.07, 6.45) is 6.57. The van der Waals surface area contributed by atoms with Crippen LogP contribution < -0.4 is 5.56 Å². The number of rotatable bonds is 2. The van der Waals surface area contributed by atoms with Gasteiger partial charge in [-0.3, -0.25) is 9.59 Å². The highest BCUT2D eigenvalue weighted by Gasteiger charge is 2.17. The molecular weight excluding hydrogens is 276 g/mol. The maximum absolute atomic E-state index is 12.1. The van der Waals surface area contributed by atoms with Gasteiger partial charge in [-0.2, -0.15) is 0 Å². The lowest BCUT2D eigenvalue weighted by Crippen LogP contribution is -2.21. The van der Waals surface area contributed by atoms with Crippen LogP contribution in [0.15, 0.2) is 41.3 Å². The van der Waals surface area contributed by atoms with Crippen molar-refractivity contribution in [1.82, 2.24) is 9.47 Å². The molecule has 2 aromatic rings. The van der Waals surface area contributed by atoms with Crippen LogP contribution in [0.4, 0.5) is 0 Å². The van der Waals surface area contributed by atoms with E-state index in [1.54, 1.807) is 30.6 Å². The number of nitrogens with zero attached hydrogens (tertiary/aromatic N) is 2. The summed E-state index contributed by atoms with van der Waals surface area (Å²) in [5.74, 6) is -0.0165. The van der Waals surface area contributed by atoms with E-state index in [2.05, 4.69) is 0 Å². The molecule has 112 valence electrons. The van der Waals surface area contributed by atoms with Crippen molar-refractivity contribution < 1.29 is 4.79 Å². The van der Waals surface area contributed by atoms with Crippen molar-refractivity contribution in [2.24, 2.45) is 7.05 Å². The molecule has 1 aliphatic rings. The number of aryl methyl sites for hydroxylation is 1. The first-order valence-electron chi connectivity index (χ1n) is 7.20. The van der Waals surface area contributed by atoms with Crippen LogP contribution in [-0.2, 0) is 13.5 Å². The fourth-order valence-corrected chi connectivity index (χ4v) is 2.78. The second kappa shape index (κ2) is 5.30. The zero-order valence-electron chi connectivity index (χ0n) is 13.0. The van der Waals surface area contributed by atoms with E-state index in [1.165, 1.54) is 0 Å². The summed E-state index contributed by atoms with van der Waals surface area (Å²) in [4.78, 5) is 25.6. The Morgan fingerprint density at radius 1 is 1.18 bits per heavy atom.